The number of benzene rings is 1. The van der Waals surface area contributed by atoms with Crippen LogP contribution in [0.5, 0.6) is 0 Å². The van der Waals surface area contributed by atoms with E-state index in [-0.39, 0.29) is 11.0 Å². The number of halogens is 1. The molecule has 4 nitrogen and oxygen atoms in total. The third-order valence-corrected chi connectivity index (χ3v) is 6.26. The summed E-state index contributed by atoms with van der Waals surface area (Å²) in [6, 6.07) is 9.43. The van der Waals surface area contributed by atoms with E-state index in [0.29, 0.717) is 21.5 Å². The molecular formula is C18H16BrN3OS2. The Morgan fingerprint density at radius 2 is 2.20 bits per heavy atom. The molecule has 128 valence electrons. The Morgan fingerprint density at radius 1 is 1.44 bits per heavy atom. The van der Waals surface area contributed by atoms with E-state index in [1.807, 2.05) is 6.07 Å². The Labute approximate surface area is 164 Å². The van der Waals surface area contributed by atoms with Gasteiger partial charge in [0, 0.05) is 9.35 Å². The molecular weight excluding hydrogens is 418 g/mol. The van der Waals surface area contributed by atoms with Gasteiger partial charge in [-0.1, -0.05) is 19.1 Å². The first-order chi connectivity index (χ1) is 12.0. The third-order valence-electron chi connectivity index (χ3n) is 4.20. The minimum atomic E-state index is -0.293. The summed E-state index contributed by atoms with van der Waals surface area (Å²) < 4.78 is 0.702. The van der Waals surface area contributed by atoms with Crippen molar-refractivity contribution in [3.8, 4) is 6.07 Å². The van der Waals surface area contributed by atoms with E-state index < -0.39 is 0 Å². The fourth-order valence-electron chi connectivity index (χ4n) is 2.91. The molecule has 25 heavy (non-hydrogen) atoms. The molecule has 1 aliphatic rings. The van der Waals surface area contributed by atoms with E-state index in [4.69, 9.17) is 12.2 Å². The van der Waals surface area contributed by atoms with Gasteiger partial charge in [-0.05, 0) is 71.0 Å². The lowest BCUT2D eigenvalue weighted by atomic mass is 9.89. The number of rotatable bonds is 2. The third kappa shape index (κ3) is 3.92. The molecule has 0 fully saturated rings. The van der Waals surface area contributed by atoms with Crippen LogP contribution in [-0.4, -0.2) is 11.0 Å². The van der Waals surface area contributed by atoms with Crippen LogP contribution >= 0.6 is 39.5 Å². The van der Waals surface area contributed by atoms with Gasteiger partial charge < -0.3 is 5.32 Å². The van der Waals surface area contributed by atoms with Gasteiger partial charge in [0.25, 0.3) is 5.91 Å². The second-order valence-corrected chi connectivity index (χ2v) is 8.42. The summed E-state index contributed by atoms with van der Waals surface area (Å²) in [7, 11) is 0. The number of hydrogen-bond donors (Lipinski definition) is 2. The van der Waals surface area contributed by atoms with Crippen LogP contribution in [0.4, 0.5) is 5.00 Å². The molecule has 0 saturated carbocycles. The van der Waals surface area contributed by atoms with Gasteiger partial charge in [0.1, 0.15) is 11.1 Å². The first-order valence-corrected chi connectivity index (χ1v) is 9.93. The lowest BCUT2D eigenvalue weighted by molar-refractivity contribution is 0.0977. The smallest absolute Gasteiger partial charge is 0.258 e. The zero-order valence-electron chi connectivity index (χ0n) is 13.6. The molecule has 0 saturated heterocycles. The van der Waals surface area contributed by atoms with Gasteiger partial charge in [0.15, 0.2) is 5.11 Å². The van der Waals surface area contributed by atoms with Crippen LogP contribution in [0.25, 0.3) is 0 Å². The zero-order chi connectivity index (χ0) is 18.0. The second kappa shape index (κ2) is 7.65. The summed E-state index contributed by atoms with van der Waals surface area (Å²) in [5.41, 5.74) is 2.30. The van der Waals surface area contributed by atoms with E-state index in [9.17, 15) is 10.1 Å². The summed E-state index contributed by atoms with van der Waals surface area (Å²) >= 11 is 10.2. The number of amides is 1. The number of carbonyl (C=O) groups is 1. The van der Waals surface area contributed by atoms with Crippen LogP contribution in [0.1, 0.15) is 39.7 Å². The maximum Gasteiger partial charge on any atom is 0.258 e. The van der Waals surface area contributed by atoms with E-state index in [1.54, 1.807) is 29.5 Å². The number of thiocarbonyl (C=S) groups is 1. The number of nitrogens with zero attached hydrogens (tertiary/aromatic N) is 1. The predicted octanol–water partition coefficient (Wildman–Crippen LogP) is 4.63. The average Bonchev–Trinajstić information content (AvgIpc) is 2.90. The first kappa shape index (κ1) is 18.1. The number of fused-ring (bicyclic) bond motifs is 1. The van der Waals surface area contributed by atoms with Crippen LogP contribution in [0, 0.1) is 17.2 Å². The van der Waals surface area contributed by atoms with Crippen LogP contribution in [0.15, 0.2) is 28.7 Å². The number of anilines is 1. The Hall–Kier alpha value is -1.75. The zero-order valence-corrected chi connectivity index (χ0v) is 16.8. The highest BCUT2D eigenvalue weighted by Crippen LogP contribution is 2.39. The van der Waals surface area contributed by atoms with Crippen LogP contribution in [0.3, 0.4) is 0 Å². The van der Waals surface area contributed by atoms with Gasteiger partial charge in [0.2, 0.25) is 0 Å². The quantitative estimate of drug-likeness (QED) is 0.677. The molecule has 7 heteroatoms. The molecule has 0 spiro atoms. The summed E-state index contributed by atoms with van der Waals surface area (Å²) in [6.07, 6.45) is 3.02. The molecule has 2 aromatic rings. The monoisotopic (exact) mass is 433 g/mol. The van der Waals surface area contributed by atoms with Crippen LogP contribution in [-0.2, 0) is 12.8 Å². The van der Waals surface area contributed by atoms with Gasteiger partial charge in [-0.2, -0.15) is 5.26 Å². The van der Waals surface area contributed by atoms with Crippen molar-refractivity contribution in [2.45, 2.75) is 26.2 Å². The molecule has 1 aromatic carbocycles. The molecule has 0 radical (unpaired) electrons. The normalized spacial score (nSPS) is 15.8. The Morgan fingerprint density at radius 3 is 2.92 bits per heavy atom. The highest BCUT2D eigenvalue weighted by molar-refractivity contribution is 9.10. The van der Waals surface area contributed by atoms with E-state index in [2.05, 4.69) is 39.6 Å². The number of nitriles is 1. The van der Waals surface area contributed by atoms with E-state index in [0.717, 1.165) is 29.8 Å². The SMILES string of the molecule is CC1CCc2c(sc(NC(=S)NC(=O)c3ccccc3Br)c2C#N)C1. The van der Waals surface area contributed by atoms with Crippen molar-refractivity contribution in [2.75, 3.05) is 5.32 Å². The minimum Gasteiger partial charge on any atom is -0.323 e. The maximum absolute atomic E-state index is 12.3. The Kier molecular flexibility index (Phi) is 5.52. The molecule has 1 heterocycles. The largest absolute Gasteiger partial charge is 0.323 e. The van der Waals surface area contributed by atoms with Crippen molar-refractivity contribution in [3.63, 3.8) is 0 Å². The molecule has 1 atom stereocenters. The number of carbonyl (C=O) groups excluding carboxylic acids is 1. The minimum absolute atomic E-state index is 0.198. The van der Waals surface area contributed by atoms with Crippen LogP contribution < -0.4 is 10.6 Å². The number of nitrogens with one attached hydrogen (secondary N) is 2. The molecule has 2 N–H and O–H groups in total. The molecule has 3 rings (SSSR count). The summed E-state index contributed by atoms with van der Waals surface area (Å²) in [5, 5.41) is 16.1. The lowest BCUT2D eigenvalue weighted by Crippen LogP contribution is -2.34. The van der Waals surface area contributed by atoms with Gasteiger partial charge >= 0.3 is 0 Å². The molecule has 0 aliphatic heterocycles. The van der Waals surface area contributed by atoms with Crippen molar-refractivity contribution in [1.82, 2.24) is 5.32 Å². The molecule has 1 amide bonds. The first-order valence-electron chi connectivity index (χ1n) is 7.91. The van der Waals surface area contributed by atoms with Crippen LogP contribution in [0.2, 0.25) is 0 Å². The van der Waals surface area contributed by atoms with Gasteiger partial charge in [-0.15, -0.1) is 11.3 Å². The summed E-state index contributed by atoms with van der Waals surface area (Å²) in [5.74, 6) is 0.339. The van der Waals surface area contributed by atoms with Gasteiger partial charge in [-0.25, -0.2) is 0 Å². The highest BCUT2D eigenvalue weighted by Gasteiger charge is 2.24. The van der Waals surface area contributed by atoms with Crippen molar-refractivity contribution in [2.24, 2.45) is 5.92 Å². The van der Waals surface area contributed by atoms with Gasteiger partial charge in [-0.3, -0.25) is 10.1 Å². The fraction of sp³-hybridized carbons (Fsp3) is 0.278. The van der Waals surface area contributed by atoms with Crippen molar-refractivity contribution in [1.29, 1.82) is 5.26 Å². The number of thiophene rings is 1. The average molecular weight is 434 g/mol. The predicted molar refractivity (Wildman–Crippen MR) is 108 cm³/mol. The Balaban J connectivity index is 1.75. The lowest BCUT2D eigenvalue weighted by Gasteiger charge is -2.17. The highest BCUT2D eigenvalue weighted by atomic mass is 79.9. The van der Waals surface area contributed by atoms with Crippen molar-refractivity contribution >= 4 is 55.5 Å². The topological polar surface area (TPSA) is 64.9 Å². The standard InChI is InChI=1S/C18H16BrN3OS2/c1-10-6-7-11-13(9-20)17(25-15(11)8-10)22-18(24)21-16(23)12-4-2-3-5-14(12)19/h2-5,10H,6-8H2,1H3,(H2,21,22,23,24). The fourth-order valence-corrected chi connectivity index (χ4v) is 5.00. The Bertz CT molecular complexity index is 885. The van der Waals surface area contributed by atoms with Crippen molar-refractivity contribution < 1.29 is 4.79 Å². The van der Waals surface area contributed by atoms with E-state index >= 15 is 0 Å². The second-order valence-electron chi connectivity index (χ2n) is 6.06. The molecule has 1 aromatic heterocycles. The van der Waals surface area contributed by atoms with Crippen molar-refractivity contribution in [3.05, 3.63) is 50.3 Å². The maximum atomic E-state index is 12.3. The summed E-state index contributed by atoms with van der Waals surface area (Å²) in [4.78, 5) is 13.6. The molecule has 1 unspecified atom stereocenters. The molecule has 1 aliphatic carbocycles. The van der Waals surface area contributed by atoms with E-state index in [1.165, 1.54) is 4.88 Å². The summed E-state index contributed by atoms with van der Waals surface area (Å²) in [6.45, 7) is 2.23. The molecule has 0 bridgehead atoms. The van der Waals surface area contributed by atoms with Gasteiger partial charge in [0.05, 0.1) is 11.1 Å². The number of hydrogen-bond acceptors (Lipinski definition) is 4.